The predicted molar refractivity (Wildman–Crippen MR) is 142 cm³/mol. The molecular formula is C26H25ClF3N5OS. The van der Waals surface area contributed by atoms with Crippen molar-refractivity contribution in [2.75, 3.05) is 27.2 Å². The van der Waals surface area contributed by atoms with E-state index in [9.17, 15) is 18.0 Å². The van der Waals surface area contributed by atoms with Crippen molar-refractivity contribution in [1.82, 2.24) is 19.6 Å². The summed E-state index contributed by atoms with van der Waals surface area (Å²) in [6, 6.07) is 9.60. The highest BCUT2D eigenvalue weighted by Crippen LogP contribution is 2.35. The third-order valence-corrected chi connectivity index (χ3v) is 8.12. The quantitative estimate of drug-likeness (QED) is 0.389. The first-order valence-corrected chi connectivity index (χ1v) is 13.0. The Morgan fingerprint density at radius 3 is 2.68 bits per heavy atom. The fourth-order valence-corrected chi connectivity index (χ4v) is 5.79. The minimum Gasteiger partial charge on any atom is -0.351 e. The summed E-state index contributed by atoms with van der Waals surface area (Å²) in [5.41, 5.74) is 0.792. The maximum Gasteiger partial charge on any atom is 0.416 e. The van der Waals surface area contributed by atoms with Crippen LogP contribution in [0.5, 0.6) is 0 Å². The molecule has 0 bridgehead atoms. The SMILES string of the molecule is CN1CCC(N(C)C2=NC(=O)/C(=C/c3ccc4c(cnn4Cc4ccc(Cl)cc4C(F)(F)F)c3)S2)CC1. The van der Waals surface area contributed by atoms with Gasteiger partial charge in [0, 0.05) is 23.5 Å². The molecule has 5 rings (SSSR count). The van der Waals surface area contributed by atoms with Gasteiger partial charge in [0.25, 0.3) is 5.91 Å². The molecule has 3 heterocycles. The monoisotopic (exact) mass is 547 g/mol. The van der Waals surface area contributed by atoms with Gasteiger partial charge in [-0.1, -0.05) is 23.7 Å². The second kappa shape index (κ2) is 10.2. The summed E-state index contributed by atoms with van der Waals surface area (Å²) in [7, 11) is 4.10. The Kier molecular flexibility index (Phi) is 7.08. The number of carbonyl (C=O) groups excluding carboxylic acids is 1. The Labute approximate surface area is 221 Å². The van der Waals surface area contributed by atoms with Gasteiger partial charge in [0.05, 0.1) is 28.7 Å². The van der Waals surface area contributed by atoms with Crippen LogP contribution in [0.1, 0.15) is 29.5 Å². The minimum absolute atomic E-state index is 0.0306. The molecule has 6 nitrogen and oxygen atoms in total. The van der Waals surface area contributed by atoms with Gasteiger partial charge in [-0.25, -0.2) is 0 Å². The van der Waals surface area contributed by atoms with Crippen LogP contribution in [-0.2, 0) is 17.5 Å². The van der Waals surface area contributed by atoms with Crippen LogP contribution in [0.4, 0.5) is 13.2 Å². The zero-order valence-corrected chi connectivity index (χ0v) is 21.9. The lowest BCUT2D eigenvalue weighted by Gasteiger charge is -2.35. The zero-order valence-electron chi connectivity index (χ0n) is 20.3. The van der Waals surface area contributed by atoms with Crippen LogP contribution in [0, 0.1) is 0 Å². The fraction of sp³-hybridized carbons (Fsp3) is 0.346. The van der Waals surface area contributed by atoms with Gasteiger partial charge in [0.1, 0.15) is 0 Å². The summed E-state index contributed by atoms with van der Waals surface area (Å²) in [5.74, 6) is -0.266. The molecule has 0 N–H and O–H groups in total. The molecule has 1 saturated heterocycles. The smallest absolute Gasteiger partial charge is 0.351 e. The molecule has 11 heteroatoms. The standard InChI is InChI=1S/C26H25ClF3N5OS/c1-33-9-7-20(8-10-33)34(2)25-32-24(36)23(37-25)12-16-3-6-22-18(11-16)14-31-35(22)15-17-4-5-19(27)13-21(17)26(28,29)30/h3-6,11-14,20H,7-10,15H2,1-2H3/b23-12-. The lowest BCUT2D eigenvalue weighted by Crippen LogP contribution is -2.43. The number of benzene rings is 2. The Bertz CT molecular complexity index is 1410. The first-order chi connectivity index (χ1) is 17.6. The van der Waals surface area contributed by atoms with E-state index in [-0.39, 0.29) is 23.0 Å². The van der Waals surface area contributed by atoms with Crippen molar-refractivity contribution in [2.45, 2.75) is 31.6 Å². The molecule has 0 unspecified atom stereocenters. The maximum atomic E-state index is 13.5. The van der Waals surface area contributed by atoms with E-state index in [1.807, 2.05) is 19.2 Å². The number of halogens is 4. The third kappa shape index (κ3) is 5.56. The number of fused-ring (bicyclic) bond motifs is 1. The number of aromatic nitrogens is 2. The number of aliphatic imine (C=N–C) groups is 1. The fourth-order valence-electron chi connectivity index (χ4n) is 4.67. The van der Waals surface area contributed by atoms with Gasteiger partial charge in [0.2, 0.25) is 0 Å². The van der Waals surface area contributed by atoms with Crippen molar-refractivity contribution >= 4 is 51.4 Å². The second-order valence-electron chi connectivity index (χ2n) is 9.38. The number of hydrogen-bond donors (Lipinski definition) is 0. The summed E-state index contributed by atoms with van der Waals surface area (Å²) < 4.78 is 42.1. The number of alkyl halides is 3. The molecular weight excluding hydrogens is 523 g/mol. The van der Waals surface area contributed by atoms with Crippen molar-refractivity contribution < 1.29 is 18.0 Å². The van der Waals surface area contributed by atoms with Crippen LogP contribution in [0.25, 0.3) is 17.0 Å². The Morgan fingerprint density at radius 2 is 1.95 bits per heavy atom. The van der Waals surface area contributed by atoms with Crippen LogP contribution >= 0.6 is 23.4 Å². The Hall–Kier alpha value is -2.82. The molecule has 2 aliphatic heterocycles. The Morgan fingerprint density at radius 1 is 1.19 bits per heavy atom. The minimum atomic E-state index is -4.52. The van der Waals surface area contributed by atoms with Gasteiger partial charge in [-0.05, 0) is 86.2 Å². The largest absolute Gasteiger partial charge is 0.416 e. The highest BCUT2D eigenvalue weighted by atomic mass is 35.5. The number of nitrogens with zero attached hydrogens (tertiary/aromatic N) is 5. The number of rotatable bonds is 4. The first-order valence-electron chi connectivity index (χ1n) is 11.8. The van der Waals surface area contributed by atoms with Crippen molar-refractivity contribution in [2.24, 2.45) is 4.99 Å². The van der Waals surface area contributed by atoms with E-state index in [0.29, 0.717) is 21.6 Å². The molecule has 1 amide bonds. The molecule has 0 spiro atoms. The molecule has 2 aliphatic rings. The van der Waals surface area contributed by atoms with Crippen molar-refractivity contribution in [3.63, 3.8) is 0 Å². The summed E-state index contributed by atoms with van der Waals surface area (Å²) in [5, 5.41) is 5.81. The third-order valence-electron chi connectivity index (χ3n) is 6.81. The van der Waals surface area contributed by atoms with Gasteiger partial charge in [0.15, 0.2) is 5.17 Å². The predicted octanol–water partition coefficient (Wildman–Crippen LogP) is 5.75. The number of thioether (sulfide) groups is 1. The van der Waals surface area contributed by atoms with E-state index in [0.717, 1.165) is 42.9 Å². The van der Waals surface area contributed by atoms with Crippen LogP contribution in [0.3, 0.4) is 0 Å². The van der Waals surface area contributed by atoms with E-state index in [2.05, 4.69) is 26.9 Å². The molecule has 0 saturated carbocycles. The highest BCUT2D eigenvalue weighted by molar-refractivity contribution is 8.18. The summed E-state index contributed by atoms with van der Waals surface area (Å²) in [4.78, 5) is 21.8. The molecule has 0 aliphatic carbocycles. The van der Waals surface area contributed by atoms with Crippen molar-refractivity contribution in [3.8, 4) is 0 Å². The molecule has 2 aromatic carbocycles. The average molecular weight is 548 g/mol. The number of likely N-dealkylation sites (tertiary alicyclic amines) is 1. The van der Waals surface area contributed by atoms with Gasteiger partial charge in [-0.15, -0.1) is 0 Å². The van der Waals surface area contributed by atoms with E-state index in [1.165, 1.54) is 28.6 Å². The molecule has 1 fully saturated rings. The van der Waals surface area contributed by atoms with E-state index < -0.39 is 11.7 Å². The number of carbonyl (C=O) groups is 1. The lowest BCUT2D eigenvalue weighted by atomic mass is 10.1. The van der Waals surface area contributed by atoms with Crippen LogP contribution < -0.4 is 0 Å². The number of amidine groups is 1. The topological polar surface area (TPSA) is 53.7 Å². The van der Waals surface area contributed by atoms with Gasteiger partial charge in [-0.3, -0.25) is 9.48 Å². The van der Waals surface area contributed by atoms with E-state index in [4.69, 9.17) is 11.6 Å². The summed E-state index contributed by atoms with van der Waals surface area (Å²) >= 11 is 7.17. The molecule has 0 atom stereocenters. The van der Waals surface area contributed by atoms with Crippen LogP contribution in [-0.4, -0.2) is 63.9 Å². The number of piperidine rings is 1. The normalized spacial score (nSPS) is 18.7. The van der Waals surface area contributed by atoms with Gasteiger partial charge >= 0.3 is 6.18 Å². The van der Waals surface area contributed by atoms with Crippen molar-refractivity contribution in [3.05, 3.63) is 69.2 Å². The molecule has 3 aromatic rings. The zero-order chi connectivity index (χ0) is 26.3. The van der Waals surface area contributed by atoms with E-state index in [1.54, 1.807) is 18.3 Å². The van der Waals surface area contributed by atoms with Gasteiger partial charge < -0.3 is 9.80 Å². The van der Waals surface area contributed by atoms with Crippen molar-refractivity contribution in [1.29, 1.82) is 0 Å². The van der Waals surface area contributed by atoms with E-state index >= 15 is 0 Å². The van der Waals surface area contributed by atoms with Crippen LogP contribution in [0.15, 0.2) is 52.5 Å². The number of amides is 1. The average Bonchev–Trinajstić information content (AvgIpc) is 3.42. The number of hydrogen-bond acceptors (Lipinski definition) is 5. The lowest BCUT2D eigenvalue weighted by molar-refractivity contribution is -0.138. The van der Waals surface area contributed by atoms with Gasteiger partial charge in [-0.2, -0.15) is 23.3 Å². The van der Waals surface area contributed by atoms with Crippen LogP contribution in [0.2, 0.25) is 5.02 Å². The highest BCUT2D eigenvalue weighted by Gasteiger charge is 2.34. The maximum absolute atomic E-state index is 13.5. The molecule has 194 valence electrons. The Balaban J connectivity index is 1.33. The first kappa shape index (κ1) is 25.8. The summed E-state index contributed by atoms with van der Waals surface area (Å²) in [6.45, 7) is 1.99. The molecule has 1 aromatic heterocycles. The second-order valence-corrected chi connectivity index (χ2v) is 10.8. The summed E-state index contributed by atoms with van der Waals surface area (Å²) in [6.07, 6.45) is 0.946. The molecule has 0 radical (unpaired) electrons. The molecule has 37 heavy (non-hydrogen) atoms.